The van der Waals surface area contributed by atoms with Crippen molar-refractivity contribution in [1.29, 1.82) is 0 Å². The van der Waals surface area contributed by atoms with Crippen LogP contribution in [0.25, 0.3) is 0 Å². The van der Waals surface area contributed by atoms with Gasteiger partial charge < -0.3 is 10.2 Å². The molecule has 0 unspecified atom stereocenters. The van der Waals surface area contributed by atoms with Crippen LogP contribution in [-0.4, -0.2) is 44.7 Å². The molecule has 4 rings (SSSR count). The molecule has 0 aromatic heterocycles. The number of rotatable bonds is 5. The lowest BCUT2D eigenvalue weighted by Crippen LogP contribution is -2.39. The SMILES string of the molecule is O=C(Nc1c2c(cc3c1CCC3)CCC2)NS(=O)(=O)CCN1CCCC1. The van der Waals surface area contributed by atoms with E-state index in [1.165, 1.54) is 22.3 Å². The first-order valence-electron chi connectivity index (χ1n) is 9.72. The zero-order chi connectivity index (χ0) is 18.1. The molecule has 2 N–H and O–H groups in total. The molecule has 0 radical (unpaired) electrons. The molecular weight excluding hydrogens is 350 g/mol. The Labute approximate surface area is 155 Å². The first-order valence-corrected chi connectivity index (χ1v) is 11.4. The van der Waals surface area contributed by atoms with Crippen LogP contribution in [0.4, 0.5) is 10.5 Å². The van der Waals surface area contributed by atoms with Gasteiger partial charge in [-0.15, -0.1) is 0 Å². The normalized spacial score (nSPS) is 19.4. The van der Waals surface area contributed by atoms with Gasteiger partial charge in [0.05, 0.1) is 5.75 Å². The molecule has 7 heteroatoms. The average Bonchev–Trinajstić information content (AvgIpc) is 3.33. The third-order valence-corrected chi connectivity index (χ3v) is 7.05. The predicted molar refractivity (Wildman–Crippen MR) is 102 cm³/mol. The van der Waals surface area contributed by atoms with E-state index in [2.05, 4.69) is 21.0 Å². The second kappa shape index (κ2) is 7.19. The van der Waals surface area contributed by atoms with Gasteiger partial charge in [0.15, 0.2) is 0 Å². The molecule has 2 aliphatic carbocycles. The number of urea groups is 1. The fourth-order valence-corrected chi connectivity index (χ4v) is 5.49. The number of anilines is 1. The highest BCUT2D eigenvalue weighted by Gasteiger charge is 2.26. The summed E-state index contributed by atoms with van der Waals surface area (Å²) in [5.74, 6) is -0.0363. The van der Waals surface area contributed by atoms with Crippen LogP contribution in [0.2, 0.25) is 0 Å². The second-order valence-corrected chi connectivity index (χ2v) is 9.50. The van der Waals surface area contributed by atoms with Gasteiger partial charge in [0.25, 0.3) is 0 Å². The third kappa shape index (κ3) is 3.74. The lowest BCUT2D eigenvalue weighted by atomic mass is 9.99. The average molecular weight is 378 g/mol. The largest absolute Gasteiger partial charge is 0.332 e. The van der Waals surface area contributed by atoms with Gasteiger partial charge in [0.1, 0.15) is 0 Å². The Hall–Kier alpha value is -1.60. The zero-order valence-corrected chi connectivity index (χ0v) is 16.0. The van der Waals surface area contributed by atoms with Crippen LogP contribution in [0.15, 0.2) is 6.07 Å². The number of aryl methyl sites for hydroxylation is 2. The summed E-state index contributed by atoms with van der Waals surface area (Å²) in [6, 6.07) is 1.67. The predicted octanol–water partition coefficient (Wildman–Crippen LogP) is 2.21. The lowest BCUT2D eigenvalue weighted by molar-refractivity contribution is 0.256. The summed E-state index contributed by atoms with van der Waals surface area (Å²) >= 11 is 0. The maximum Gasteiger partial charge on any atom is 0.332 e. The second-order valence-electron chi connectivity index (χ2n) is 7.66. The summed E-state index contributed by atoms with van der Waals surface area (Å²) in [7, 11) is -3.62. The van der Waals surface area contributed by atoms with Crippen molar-refractivity contribution in [2.45, 2.75) is 51.4 Å². The molecule has 1 heterocycles. The molecule has 1 fully saturated rings. The molecule has 6 nitrogen and oxygen atoms in total. The van der Waals surface area contributed by atoms with Crippen LogP contribution in [0.5, 0.6) is 0 Å². The fourth-order valence-electron chi connectivity index (χ4n) is 4.55. The van der Waals surface area contributed by atoms with Crippen molar-refractivity contribution in [3.8, 4) is 0 Å². The summed E-state index contributed by atoms with van der Waals surface area (Å²) < 4.78 is 26.7. The van der Waals surface area contributed by atoms with Gasteiger partial charge in [-0.1, -0.05) is 6.07 Å². The van der Waals surface area contributed by atoms with Gasteiger partial charge in [-0.2, -0.15) is 0 Å². The maximum atomic E-state index is 12.4. The van der Waals surface area contributed by atoms with E-state index in [0.717, 1.165) is 70.1 Å². The number of likely N-dealkylation sites (tertiary alicyclic amines) is 1. The number of carbonyl (C=O) groups excluding carboxylic acids is 1. The van der Waals surface area contributed by atoms with Crippen molar-refractivity contribution in [2.75, 3.05) is 30.7 Å². The van der Waals surface area contributed by atoms with E-state index < -0.39 is 16.1 Å². The molecule has 1 aromatic rings. The minimum Gasteiger partial charge on any atom is -0.307 e. The quantitative estimate of drug-likeness (QED) is 0.825. The summed E-state index contributed by atoms with van der Waals surface area (Å²) in [6.45, 7) is 2.38. The van der Waals surface area contributed by atoms with Gasteiger partial charge in [0.2, 0.25) is 10.0 Å². The molecule has 3 aliphatic rings. The summed E-state index contributed by atoms with van der Waals surface area (Å²) in [5, 5.41) is 2.88. The maximum absolute atomic E-state index is 12.4. The van der Waals surface area contributed by atoms with Crippen LogP contribution in [-0.2, 0) is 35.7 Å². The van der Waals surface area contributed by atoms with Crippen molar-refractivity contribution >= 4 is 21.7 Å². The summed E-state index contributed by atoms with van der Waals surface area (Å²) in [5.41, 5.74) is 5.92. The molecule has 0 saturated carbocycles. The first kappa shape index (κ1) is 17.8. The minimum atomic E-state index is -3.62. The Bertz CT molecular complexity index is 782. The van der Waals surface area contributed by atoms with Crippen molar-refractivity contribution in [1.82, 2.24) is 9.62 Å². The molecule has 0 bridgehead atoms. The van der Waals surface area contributed by atoms with E-state index in [0.29, 0.717) is 6.54 Å². The van der Waals surface area contributed by atoms with E-state index in [1.54, 1.807) is 0 Å². The van der Waals surface area contributed by atoms with Crippen LogP contribution < -0.4 is 10.0 Å². The van der Waals surface area contributed by atoms with E-state index >= 15 is 0 Å². The number of carbonyl (C=O) groups is 1. The lowest BCUT2D eigenvalue weighted by Gasteiger charge is -2.17. The van der Waals surface area contributed by atoms with Crippen LogP contribution in [0.1, 0.15) is 47.9 Å². The summed E-state index contributed by atoms with van der Waals surface area (Å²) in [4.78, 5) is 14.5. The van der Waals surface area contributed by atoms with E-state index in [-0.39, 0.29) is 5.75 Å². The number of fused-ring (bicyclic) bond motifs is 2. The Kier molecular flexibility index (Phi) is 4.92. The number of nitrogens with one attached hydrogen (secondary N) is 2. The molecule has 0 atom stereocenters. The molecule has 0 spiro atoms. The first-order chi connectivity index (χ1) is 12.5. The number of nitrogens with zero attached hydrogens (tertiary/aromatic N) is 1. The third-order valence-electron chi connectivity index (χ3n) is 5.83. The van der Waals surface area contributed by atoms with Crippen molar-refractivity contribution in [3.63, 3.8) is 0 Å². The highest BCUT2D eigenvalue weighted by molar-refractivity contribution is 7.90. The zero-order valence-electron chi connectivity index (χ0n) is 15.1. The van der Waals surface area contributed by atoms with E-state index in [4.69, 9.17) is 0 Å². The number of sulfonamides is 1. The topological polar surface area (TPSA) is 78.5 Å². The molecule has 1 aliphatic heterocycles. The van der Waals surface area contributed by atoms with Gasteiger partial charge in [-0.3, -0.25) is 0 Å². The number of hydrogen-bond donors (Lipinski definition) is 2. The standard InChI is InChI=1S/C19H27N3O3S/c23-19(21-26(24,25)12-11-22-9-1-2-10-22)20-18-16-7-3-5-14(16)13-15-6-4-8-17(15)18/h13H,1-12H2,(H2,20,21,23). The summed E-state index contributed by atoms with van der Waals surface area (Å²) in [6.07, 6.45) is 8.46. The van der Waals surface area contributed by atoms with E-state index in [1.807, 2.05) is 0 Å². The van der Waals surface area contributed by atoms with Crippen molar-refractivity contribution in [2.24, 2.45) is 0 Å². The van der Waals surface area contributed by atoms with Gasteiger partial charge >= 0.3 is 6.03 Å². The van der Waals surface area contributed by atoms with Crippen LogP contribution in [0, 0.1) is 0 Å². The molecule has 1 aromatic carbocycles. The van der Waals surface area contributed by atoms with E-state index in [9.17, 15) is 13.2 Å². The highest BCUT2D eigenvalue weighted by Crippen LogP contribution is 2.38. The number of benzene rings is 1. The molecule has 142 valence electrons. The smallest absolute Gasteiger partial charge is 0.307 e. The van der Waals surface area contributed by atoms with Crippen molar-refractivity contribution in [3.05, 3.63) is 28.3 Å². The molecule has 1 saturated heterocycles. The van der Waals surface area contributed by atoms with Gasteiger partial charge in [0, 0.05) is 12.2 Å². The fraction of sp³-hybridized carbons (Fsp3) is 0.632. The van der Waals surface area contributed by atoms with Gasteiger partial charge in [-0.05, 0) is 86.7 Å². The minimum absolute atomic E-state index is 0.0363. The number of hydrogen-bond acceptors (Lipinski definition) is 4. The Morgan fingerprint density at radius 2 is 1.58 bits per heavy atom. The molecular formula is C19H27N3O3S. The highest BCUT2D eigenvalue weighted by atomic mass is 32.2. The Morgan fingerprint density at radius 1 is 0.962 bits per heavy atom. The van der Waals surface area contributed by atoms with Crippen LogP contribution in [0.3, 0.4) is 0 Å². The Morgan fingerprint density at radius 3 is 2.19 bits per heavy atom. The Balaban J connectivity index is 1.44. The number of amides is 2. The van der Waals surface area contributed by atoms with Crippen LogP contribution >= 0.6 is 0 Å². The molecule has 2 amide bonds. The monoisotopic (exact) mass is 377 g/mol. The molecule has 26 heavy (non-hydrogen) atoms. The van der Waals surface area contributed by atoms with Gasteiger partial charge in [-0.25, -0.2) is 17.9 Å². The van der Waals surface area contributed by atoms with Crippen molar-refractivity contribution < 1.29 is 13.2 Å².